The van der Waals surface area contributed by atoms with Crippen LogP contribution in [0.3, 0.4) is 0 Å². The van der Waals surface area contributed by atoms with Crippen LogP contribution in [0.1, 0.15) is 50.9 Å². The first-order valence-electron chi connectivity index (χ1n) is 9.19. The van der Waals surface area contributed by atoms with Gasteiger partial charge in [0.1, 0.15) is 5.75 Å². The Labute approximate surface area is 150 Å². The van der Waals surface area contributed by atoms with Crippen LogP contribution in [-0.2, 0) is 4.79 Å². The predicted molar refractivity (Wildman–Crippen MR) is 98.7 cm³/mol. The Kier molecular flexibility index (Phi) is 6.85. The van der Waals surface area contributed by atoms with Crippen molar-refractivity contribution in [3.63, 3.8) is 0 Å². The quantitative estimate of drug-likeness (QED) is 0.861. The van der Waals surface area contributed by atoms with E-state index in [1.165, 1.54) is 0 Å². The largest absolute Gasteiger partial charge is 0.493 e. The molecule has 1 saturated heterocycles. The third-order valence-electron chi connectivity index (χ3n) is 4.44. The topological polar surface area (TPSA) is 58.6 Å². The number of piperidine rings is 1. The molecule has 1 N–H and O–H groups in total. The first-order chi connectivity index (χ1) is 11.9. The van der Waals surface area contributed by atoms with E-state index in [4.69, 9.17) is 4.74 Å². The Morgan fingerprint density at radius 1 is 1.12 bits per heavy atom. The summed E-state index contributed by atoms with van der Waals surface area (Å²) in [5.74, 6) is 1.50. The third-order valence-corrected chi connectivity index (χ3v) is 4.44. The molecule has 0 bridgehead atoms. The van der Waals surface area contributed by atoms with Crippen molar-refractivity contribution in [3.05, 3.63) is 29.8 Å². The molecule has 5 nitrogen and oxygen atoms in total. The second-order valence-electron chi connectivity index (χ2n) is 7.39. The minimum Gasteiger partial charge on any atom is -0.493 e. The second kappa shape index (κ2) is 8.88. The van der Waals surface area contributed by atoms with Crippen LogP contribution >= 0.6 is 0 Å². The summed E-state index contributed by atoms with van der Waals surface area (Å²) in [6, 6.07) is 7.38. The van der Waals surface area contributed by atoms with Crippen molar-refractivity contribution in [1.29, 1.82) is 0 Å². The third kappa shape index (κ3) is 5.76. The number of ether oxygens (including phenoxy) is 1. The minimum absolute atomic E-state index is 0.0660. The molecule has 1 heterocycles. The average molecular weight is 346 g/mol. The zero-order valence-electron chi connectivity index (χ0n) is 15.7. The maximum absolute atomic E-state index is 12.0. The van der Waals surface area contributed by atoms with Gasteiger partial charge in [0.15, 0.2) is 0 Å². The Morgan fingerprint density at radius 2 is 1.72 bits per heavy atom. The van der Waals surface area contributed by atoms with Gasteiger partial charge in [-0.15, -0.1) is 0 Å². The number of benzene rings is 1. The molecule has 0 saturated carbocycles. The zero-order chi connectivity index (χ0) is 18.4. The van der Waals surface area contributed by atoms with Crippen LogP contribution in [0.25, 0.3) is 0 Å². The van der Waals surface area contributed by atoms with Crippen molar-refractivity contribution in [2.45, 2.75) is 46.6 Å². The number of hydrogen-bond donors (Lipinski definition) is 1. The Hall–Kier alpha value is -2.04. The van der Waals surface area contributed by atoms with Crippen molar-refractivity contribution < 1.29 is 14.3 Å². The molecule has 1 aromatic carbocycles. The van der Waals surface area contributed by atoms with Crippen LogP contribution in [0.4, 0.5) is 0 Å². The van der Waals surface area contributed by atoms with Crippen molar-refractivity contribution in [2.24, 2.45) is 11.8 Å². The number of carbonyl (C=O) groups excluding carboxylic acids is 2. The maximum atomic E-state index is 12.0. The molecular formula is C20H30N2O3. The van der Waals surface area contributed by atoms with E-state index in [2.05, 4.69) is 5.32 Å². The van der Waals surface area contributed by atoms with E-state index in [1.54, 1.807) is 12.1 Å². The van der Waals surface area contributed by atoms with Crippen LogP contribution in [0.5, 0.6) is 5.75 Å². The summed E-state index contributed by atoms with van der Waals surface area (Å²) in [7, 11) is 0. The lowest BCUT2D eigenvalue weighted by molar-refractivity contribution is -0.136. The van der Waals surface area contributed by atoms with Gasteiger partial charge in [0.05, 0.1) is 6.61 Å². The number of nitrogens with one attached hydrogen (secondary N) is 1. The first-order valence-corrected chi connectivity index (χ1v) is 9.19. The monoisotopic (exact) mass is 346 g/mol. The van der Waals surface area contributed by atoms with Gasteiger partial charge < -0.3 is 15.0 Å². The molecule has 1 aliphatic heterocycles. The molecule has 1 aromatic rings. The number of hydrogen-bond acceptors (Lipinski definition) is 3. The molecule has 25 heavy (non-hydrogen) atoms. The van der Waals surface area contributed by atoms with Gasteiger partial charge in [-0.3, -0.25) is 9.59 Å². The average Bonchev–Trinajstić information content (AvgIpc) is 2.59. The molecule has 0 unspecified atom stereocenters. The molecule has 138 valence electrons. The van der Waals surface area contributed by atoms with E-state index in [0.29, 0.717) is 18.1 Å². The Bertz CT molecular complexity index is 573. The summed E-state index contributed by atoms with van der Waals surface area (Å²) < 4.78 is 5.87. The molecule has 0 aromatic heterocycles. The van der Waals surface area contributed by atoms with Crippen LogP contribution in [0, 0.1) is 11.8 Å². The summed E-state index contributed by atoms with van der Waals surface area (Å²) in [5, 5.41) is 2.87. The van der Waals surface area contributed by atoms with Crippen molar-refractivity contribution >= 4 is 11.8 Å². The molecule has 0 spiro atoms. The first kappa shape index (κ1) is 19.3. The summed E-state index contributed by atoms with van der Waals surface area (Å²) in [6.45, 7) is 10.1. The predicted octanol–water partition coefficient (Wildman–Crippen LogP) is 3.10. The number of rotatable bonds is 6. The number of likely N-dealkylation sites (tertiary alicyclic amines) is 1. The van der Waals surface area contributed by atoms with Gasteiger partial charge in [0, 0.05) is 30.6 Å². The lowest BCUT2D eigenvalue weighted by atomic mass is 9.97. The standard InChI is InChI=1S/C20H30N2O3/c1-14(2)20(24)22-11-9-16(10-12-22)13-25-18-7-5-17(6-8-18)19(23)21-15(3)4/h5-8,14-16H,9-13H2,1-4H3,(H,21,23). The fraction of sp³-hybridized carbons (Fsp3) is 0.600. The normalized spacial score (nSPS) is 15.5. The summed E-state index contributed by atoms with van der Waals surface area (Å²) in [6.07, 6.45) is 1.96. The summed E-state index contributed by atoms with van der Waals surface area (Å²) >= 11 is 0. The SMILES string of the molecule is CC(C)NC(=O)c1ccc(OCC2CCN(C(=O)C(C)C)CC2)cc1. The highest BCUT2D eigenvalue weighted by molar-refractivity contribution is 5.94. The van der Waals surface area contributed by atoms with Gasteiger partial charge in [-0.05, 0) is 56.9 Å². The molecule has 0 atom stereocenters. The van der Waals surface area contributed by atoms with Crippen molar-refractivity contribution in [1.82, 2.24) is 10.2 Å². The molecule has 1 aliphatic rings. The van der Waals surface area contributed by atoms with E-state index in [9.17, 15) is 9.59 Å². The lowest BCUT2D eigenvalue weighted by Gasteiger charge is -2.33. The second-order valence-corrected chi connectivity index (χ2v) is 7.39. The van der Waals surface area contributed by atoms with E-state index >= 15 is 0 Å². The van der Waals surface area contributed by atoms with Gasteiger partial charge >= 0.3 is 0 Å². The smallest absolute Gasteiger partial charge is 0.251 e. The molecule has 1 fully saturated rings. The Morgan fingerprint density at radius 3 is 2.24 bits per heavy atom. The fourth-order valence-electron chi connectivity index (χ4n) is 2.95. The minimum atomic E-state index is -0.0660. The molecular weight excluding hydrogens is 316 g/mol. The van der Waals surface area contributed by atoms with Crippen molar-refractivity contribution in [2.75, 3.05) is 19.7 Å². The van der Waals surface area contributed by atoms with E-state index < -0.39 is 0 Å². The van der Waals surface area contributed by atoms with Gasteiger partial charge in [0.25, 0.3) is 5.91 Å². The zero-order valence-corrected chi connectivity index (χ0v) is 15.7. The number of nitrogens with zero attached hydrogens (tertiary/aromatic N) is 1. The molecule has 5 heteroatoms. The van der Waals surface area contributed by atoms with E-state index in [-0.39, 0.29) is 23.8 Å². The van der Waals surface area contributed by atoms with E-state index in [1.807, 2.05) is 44.7 Å². The summed E-state index contributed by atoms with van der Waals surface area (Å²) in [4.78, 5) is 25.9. The van der Waals surface area contributed by atoms with Gasteiger partial charge in [-0.25, -0.2) is 0 Å². The lowest BCUT2D eigenvalue weighted by Crippen LogP contribution is -2.41. The molecule has 2 amide bonds. The number of amides is 2. The van der Waals surface area contributed by atoms with Crippen LogP contribution < -0.4 is 10.1 Å². The van der Waals surface area contributed by atoms with Crippen molar-refractivity contribution in [3.8, 4) is 5.75 Å². The van der Waals surface area contributed by atoms with Gasteiger partial charge in [0.2, 0.25) is 5.91 Å². The van der Waals surface area contributed by atoms with Crippen LogP contribution in [-0.4, -0.2) is 42.5 Å². The van der Waals surface area contributed by atoms with Gasteiger partial charge in [-0.1, -0.05) is 13.8 Å². The fourth-order valence-corrected chi connectivity index (χ4v) is 2.95. The highest BCUT2D eigenvalue weighted by Gasteiger charge is 2.24. The van der Waals surface area contributed by atoms with Crippen LogP contribution in [0.2, 0.25) is 0 Å². The highest BCUT2D eigenvalue weighted by Crippen LogP contribution is 2.21. The molecule has 0 aliphatic carbocycles. The molecule has 2 rings (SSSR count). The number of carbonyl (C=O) groups is 2. The van der Waals surface area contributed by atoms with Crippen LogP contribution in [0.15, 0.2) is 24.3 Å². The highest BCUT2D eigenvalue weighted by atomic mass is 16.5. The maximum Gasteiger partial charge on any atom is 0.251 e. The van der Waals surface area contributed by atoms with E-state index in [0.717, 1.165) is 31.7 Å². The van der Waals surface area contributed by atoms with Gasteiger partial charge in [-0.2, -0.15) is 0 Å². The molecule has 0 radical (unpaired) electrons. The summed E-state index contributed by atoms with van der Waals surface area (Å²) in [5.41, 5.74) is 0.640. The Balaban J connectivity index is 1.77.